The number of carbonyl (C=O) groups excluding carboxylic acids is 2. The number of rotatable bonds is 6. The molecule has 128 valence electrons. The average Bonchev–Trinajstić information content (AvgIpc) is 2.66. The molecule has 1 rings (SSSR count). The molecule has 0 saturated heterocycles. The van der Waals surface area contributed by atoms with Gasteiger partial charge in [-0.05, 0) is 31.1 Å². The van der Waals surface area contributed by atoms with E-state index in [0.29, 0.717) is 32.1 Å². The number of esters is 2. The second kappa shape index (κ2) is 7.95. The lowest BCUT2D eigenvalue weighted by molar-refractivity contribution is -0.158. The maximum Gasteiger partial charge on any atom is 0.311 e. The summed E-state index contributed by atoms with van der Waals surface area (Å²) < 4.78 is 9.61. The first-order chi connectivity index (χ1) is 10.2. The van der Waals surface area contributed by atoms with Crippen LogP contribution in [0.15, 0.2) is 0 Å². The highest BCUT2D eigenvalue weighted by Gasteiger charge is 2.43. The van der Waals surface area contributed by atoms with E-state index in [1.165, 1.54) is 14.2 Å². The minimum absolute atomic E-state index is 0.248. The molecule has 2 atom stereocenters. The Morgan fingerprint density at radius 3 is 2.45 bits per heavy atom. The highest BCUT2D eigenvalue weighted by Crippen LogP contribution is 2.40. The van der Waals surface area contributed by atoms with Gasteiger partial charge >= 0.3 is 11.9 Å². The number of hydrogen-bond acceptors (Lipinski definition) is 5. The summed E-state index contributed by atoms with van der Waals surface area (Å²) in [5.41, 5.74) is -1.30. The van der Waals surface area contributed by atoms with Gasteiger partial charge in [0.15, 0.2) is 0 Å². The van der Waals surface area contributed by atoms with Crippen LogP contribution in [0.3, 0.4) is 0 Å². The zero-order chi connectivity index (χ0) is 16.8. The molecule has 1 saturated carbocycles. The Morgan fingerprint density at radius 2 is 1.86 bits per heavy atom. The van der Waals surface area contributed by atoms with Crippen molar-refractivity contribution in [2.24, 2.45) is 11.3 Å². The highest BCUT2D eigenvalue weighted by atomic mass is 16.5. The Morgan fingerprint density at radius 1 is 1.18 bits per heavy atom. The van der Waals surface area contributed by atoms with Crippen LogP contribution in [0, 0.1) is 11.3 Å². The summed E-state index contributed by atoms with van der Waals surface area (Å²) in [5, 5.41) is 11.1. The van der Waals surface area contributed by atoms with Crippen molar-refractivity contribution in [3.8, 4) is 0 Å². The Kier molecular flexibility index (Phi) is 6.85. The van der Waals surface area contributed by atoms with Gasteiger partial charge in [-0.15, -0.1) is 0 Å². The average molecular weight is 314 g/mol. The van der Waals surface area contributed by atoms with E-state index in [9.17, 15) is 14.7 Å². The molecule has 5 nitrogen and oxygen atoms in total. The second-order valence-electron chi connectivity index (χ2n) is 7.20. The first kappa shape index (κ1) is 18.9. The van der Waals surface area contributed by atoms with Crippen molar-refractivity contribution in [3.63, 3.8) is 0 Å². The van der Waals surface area contributed by atoms with Gasteiger partial charge in [-0.1, -0.05) is 33.1 Å². The minimum atomic E-state index is -1.03. The monoisotopic (exact) mass is 314 g/mol. The van der Waals surface area contributed by atoms with Gasteiger partial charge in [-0.2, -0.15) is 0 Å². The number of aliphatic hydroxyl groups is 1. The van der Waals surface area contributed by atoms with Gasteiger partial charge in [0.2, 0.25) is 0 Å². The fourth-order valence-corrected chi connectivity index (χ4v) is 3.28. The van der Waals surface area contributed by atoms with Gasteiger partial charge in [0, 0.05) is 0 Å². The maximum absolute atomic E-state index is 12.0. The third kappa shape index (κ3) is 5.27. The smallest absolute Gasteiger partial charge is 0.311 e. The summed E-state index contributed by atoms with van der Waals surface area (Å²) in [6.45, 7) is 3.97. The van der Waals surface area contributed by atoms with E-state index < -0.39 is 11.5 Å². The van der Waals surface area contributed by atoms with Crippen molar-refractivity contribution in [1.29, 1.82) is 0 Å². The quantitative estimate of drug-likeness (QED) is 0.603. The third-order valence-corrected chi connectivity index (χ3v) is 4.82. The van der Waals surface area contributed by atoms with Crippen LogP contribution in [0.4, 0.5) is 0 Å². The van der Waals surface area contributed by atoms with E-state index >= 15 is 0 Å². The zero-order valence-electron chi connectivity index (χ0n) is 14.3. The van der Waals surface area contributed by atoms with E-state index in [1.54, 1.807) is 0 Å². The summed E-state index contributed by atoms with van der Waals surface area (Å²) in [4.78, 5) is 23.5. The zero-order valence-corrected chi connectivity index (χ0v) is 14.3. The largest absolute Gasteiger partial charge is 0.469 e. The number of carbonyl (C=O) groups is 2. The van der Waals surface area contributed by atoms with Crippen LogP contribution in [0.25, 0.3) is 0 Å². The fraction of sp³-hybridized carbons (Fsp3) is 0.882. The van der Waals surface area contributed by atoms with Crippen molar-refractivity contribution in [2.45, 2.75) is 70.8 Å². The SMILES string of the molecule is COC(=O)CC(C)(C)CC[C@]1(O)CCCCC[C@@H]1C(=O)OC. The van der Waals surface area contributed by atoms with Crippen LogP contribution in [-0.4, -0.2) is 36.9 Å². The lowest BCUT2D eigenvalue weighted by Crippen LogP contribution is -2.43. The molecule has 1 aliphatic rings. The van der Waals surface area contributed by atoms with Gasteiger partial charge in [-0.25, -0.2) is 0 Å². The molecule has 0 aromatic heterocycles. The van der Waals surface area contributed by atoms with Crippen LogP contribution < -0.4 is 0 Å². The lowest BCUT2D eigenvalue weighted by atomic mass is 9.74. The van der Waals surface area contributed by atoms with E-state index in [2.05, 4.69) is 0 Å². The van der Waals surface area contributed by atoms with Gasteiger partial charge < -0.3 is 14.6 Å². The minimum Gasteiger partial charge on any atom is -0.469 e. The molecule has 0 spiro atoms. The summed E-state index contributed by atoms with van der Waals surface area (Å²) >= 11 is 0. The highest BCUT2D eigenvalue weighted by molar-refractivity contribution is 5.73. The Hall–Kier alpha value is -1.10. The van der Waals surface area contributed by atoms with E-state index in [4.69, 9.17) is 9.47 Å². The summed E-state index contributed by atoms with van der Waals surface area (Å²) in [5.74, 6) is -1.04. The van der Waals surface area contributed by atoms with Crippen molar-refractivity contribution in [1.82, 2.24) is 0 Å². The topological polar surface area (TPSA) is 72.8 Å². The molecule has 0 bridgehead atoms. The fourth-order valence-electron chi connectivity index (χ4n) is 3.28. The Labute approximate surface area is 133 Å². The van der Waals surface area contributed by atoms with Crippen molar-refractivity contribution >= 4 is 11.9 Å². The molecule has 0 aromatic rings. The van der Waals surface area contributed by atoms with Crippen LogP contribution >= 0.6 is 0 Å². The molecule has 0 amide bonds. The molecule has 1 N–H and O–H groups in total. The van der Waals surface area contributed by atoms with Gasteiger partial charge in [0.25, 0.3) is 0 Å². The standard InChI is InChI=1S/C17H30O5/c1-16(2,12-14(18)21-3)10-11-17(20)9-7-5-6-8-13(17)15(19)22-4/h13,20H,5-12H2,1-4H3/t13-,17-/m1/s1. The van der Waals surface area contributed by atoms with Gasteiger partial charge in [-0.3, -0.25) is 9.59 Å². The summed E-state index contributed by atoms with van der Waals surface area (Å²) in [7, 11) is 2.75. The number of hydrogen-bond donors (Lipinski definition) is 1. The second-order valence-corrected chi connectivity index (χ2v) is 7.20. The molecule has 1 fully saturated rings. The van der Waals surface area contributed by atoms with Crippen LogP contribution in [-0.2, 0) is 19.1 Å². The number of methoxy groups -OCH3 is 2. The van der Waals surface area contributed by atoms with E-state index in [0.717, 1.165) is 19.3 Å². The number of ether oxygens (including phenoxy) is 2. The predicted octanol–water partition coefficient (Wildman–Crippen LogP) is 2.84. The van der Waals surface area contributed by atoms with Crippen LogP contribution in [0.1, 0.15) is 65.2 Å². The molecule has 0 heterocycles. The Bertz CT molecular complexity index is 391. The molecule has 0 aliphatic heterocycles. The van der Waals surface area contributed by atoms with Gasteiger partial charge in [0.05, 0.1) is 32.2 Å². The first-order valence-corrected chi connectivity index (χ1v) is 8.11. The summed E-state index contributed by atoms with van der Waals surface area (Å²) in [6, 6.07) is 0. The maximum atomic E-state index is 12.0. The molecule has 0 unspecified atom stereocenters. The van der Waals surface area contributed by atoms with Crippen LogP contribution in [0.5, 0.6) is 0 Å². The molecule has 5 heteroatoms. The molecule has 1 aliphatic carbocycles. The van der Waals surface area contributed by atoms with Gasteiger partial charge in [0.1, 0.15) is 0 Å². The van der Waals surface area contributed by atoms with E-state index in [-0.39, 0.29) is 17.4 Å². The lowest BCUT2D eigenvalue weighted by Gasteiger charge is -2.36. The first-order valence-electron chi connectivity index (χ1n) is 8.11. The Balaban J connectivity index is 2.76. The van der Waals surface area contributed by atoms with Crippen molar-refractivity contribution in [2.75, 3.05) is 14.2 Å². The van der Waals surface area contributed by atoms with Crippen molar-refractivity contribution < 1.29 is 24.2 Å². The normalized spacial score (nSPS) is 26.1. The van der Waals surface area contributed by atoms with E-state index in [1.807, 2.05) is 13.8 Å². The molecular formula is C17H30O5. The van der Waals surface area contributed by atoms with Crippen LogP contribution in [0.2, 0.25) is 0 Å². The molecule has 0 aromatic carbocycles. The predicted molar refractivity (Wildman–Crippen MR) is 83.2 cm³/mol. The molecular weight excluding hydrogens is 284 g/mol. The third-order valence-electron chi connectivity index (χ3n) is 4.82. The summed E-state index contributed by atoms with van der Waals surface area (Å²) in [6.07, 6.45) is 5.63. The molecule has 22 heavy (non-hydrogen) atoms. The molecule has 0 radical (unpaired) electrons. The van der Waals surface area contributed by atoms with Crippen molar-refractivity contribution in [3.05, 3.63) is 0 Å².